The second-order valence-electron chi connectivity index (χ2n) is 8.61. The summed E-state index contributed by atoms with van der Waals surface area (Å²) in [6.07, 6.45) is 1.75. The lowest BCUT2D eigenvalue weighted by Crippen LogP contribution is -2.45. The van der Waals surface area contributed by atoms with E-state index in [1.807, 2.05) is 50.2 Å². The molecule has 0 heterocycles. The highest BCUT2D eigenvalue weighted by Crippen LogP contribution is 2.25. The molecule has 0 unspecified atom stereocenters. The van der Waals surface area contributed by atoms with Gasteiger partial charge in [0.25, 0.3) is 5.91 Å². The highest BCUT2D eigenvalue weighted by atomic mass is 32.2. The van der Waals surface area contributed by atoms with Crippen molar-refractivity contribution in [1.29, 1.82) is 0 Å². The van der Waals surface area contributed by atoms with Crippen molar-refractivity contribution < 1.29 is 18.0 Å². The SMILES string of the molecule is Cc1cc(C)cc(N([C@@H](C)C(=O)Nc2ccccc2C(=O)NCCc2ccccc2)S(C)(=O)=O)c1. The topological polar surface area (TPSA) is 95.6 Å². The van der Waals surface area contributed by atoms with Crippen LogP contribution in [0.1, 0.15) is 34.0 Å². The number of benzene rings is 3. The Morgan fingerprint density at radius 3 is 2.14 bits per heavy atom. The van der Waals surface area contributed by atoms with E-state index in [1.165, 1.54) is 6.92 Å². The monoisotopic (exact) mass is 493 g/mol. The molecule has 8 heteroatoms. The van der Waals surface area contributed by atoms with Crippen LogP contribution < -0.4 is 14.9 Å². The minimum absolute atomic E-state index is 0.304. The van der Waals surface area contributed by atoms with Gasteiger partial charge in [-0.25, -0.2) is 8.42 Å². The number of sulfonamides is 1. The minimum atomic E-state index is -3.76. The summed E-state index contributed by atoms with van der Waals surface area (Å²) in [5.41, 5.74) is 3.92. The van der Waals surface area contributed by atoms with Gasteiger partial charge in [-0.15, -0.1) is 0 Å². The maximum absolute atomic E-state index is 13.2. The zero-order valence-corrected chi connectivity index (χ0v) is 21.2. The number of nitrogens with one attached hydrogen (secondary N) is 2. The molecule has 2 N–H and O–H groups in total. The average molecular weight is 494 g/mol. The molecule has 0 saturated heterocycles. The molecule has 0 fully saturated rings. The molecule has 0 saturated carbocycles. The average Bonchev–Trinajstić information content (AvgIpc) is 2.78. The number of hydrogen-bond acceptors (Lipinski definition) is 4. The number of rotatable bonds is 9. The fraction of sp³-hybridized carbons (Fsp3) is 0.259. The van der Waals surface area contributed by atoms with E-state index in [-0.39, 0.29) is 5.91 Å². The highest BCUT2D eigenvalue weighted by molar-refractivity contribution is 7.92. The predicted octanol–water partition coefficient (Wildman–Crippen LogP) is 4.07. The van der Waals surface area contributed by atoms with Gasteiger partial charge in [0, 0.05) is 6.54 Å². The van der Waals surface area contributed by atoms with Crippen molar-refractivity contribution in [2.45, 2.75) is 33.2 Å². The molecule has 1 atom stereocenters. The van der Waals surface area contributed by atoms with E-state index < -0.39 is 22.0 Å². The van der Waals surface area contributed by atoms with Gasteiger partial charge in [0.15, 0.2) is 0 Å². The summed E-state index contributed by atoms with van der Waals surface area (Å²) in [4.78, 5) is 26.0. The molecule has 3 aromatic carbocycles. The molecule has 3 rings (SSSR count). The normalized spacial score (nSPS) is 12.0. The number of carbonyl (C=O) groups is 2. The number of hydrogen-bond donors (Lipinski definition) is 2. The second-order valence-corrected chi connectivity index (χ2v) is 10.5. The van der Waals surface area contributed by atoms with Gasteiger partial charge in [0.2, 0.25) is 15.9 Å². The fourth-order valence-electron chi connectivity index (χ4n) is 3.97. The van der Waals surface area contributed by atoms with Crippen LogP contribution >= 0.6 is 0 Å². The van der Waals surface area contributed by atoms with E-state index >= 15 is 0 Å². The molecule has 7 nitrogen and oxygen atoms in total. The molecule has 0 radical (unpaired) electrons. The summed E-state index contributed by atoms with van der Waals surface area (Å²) < 4.78 is 26.4. The van der Waals surface area contributed by atoms with Crippen LogP contribution in [0.15, 0.2) is 72.8 Å². The molecular formula is C27H31N3O4S. The molecule has 0 bridgehead atoms. The van der Waals surface area contributed by atoms with Crippen molar-refractivity contribution in [3.63, 3.8) is 0 Å². The van der Waals surface area contributed by atoms with E-state index in [0.29, 0.717) is 29.9 Å². The van der Waals surface area contributed by atoms with Crippen LogP contribution in [0.25, 0.3) is 0 Å². The van der Waals surface area contributed by atoms with E-state index in [9.17, 15) is 18.0 Å². The number of anilines is 2. The van der Waals surface area contributed by atoms with E-state index in [0.717, 1.165) is 27.3 Å². The quantitative estimate of drug-likeness (QED) is 0.470. The Bertz CT molecular complexity index is 1290. The molecular weight excluding hydrogens is 462 g/mol. The first-order valence-electron chi connectivity index (χ1n) is 11.4. The number of aryl methyl sites for hydroxylation is 2. The van der Waals surface area contributed by atoms with Crippen molar-refractivity contribution in [2.75, 3.05) is 22.4 Å². The zero-order chi connectivity index (χ0) is 25.6. The van der Waals surface area contributed by atoms with Crippen LogP contribution in [-0.4, -0.2) is 39.1 Å². The molecule has 2 amide bonds. The minimum Gasteiger partial charge on any atom is -0.352 e. The fourth-order valence-corrected chi connectivity index (χ4v) is 5.13. The Labute approximate surface area is 207 Å². The first-order chi connectivity index (χ1) is 16.6. The summed E-state index contributed by atoms with van der Waals surface area (Å²) in [6.45, 7) is 5.70. The zero-order valence-electron chi connectivity index (χ0n) is 20.4. The van der Waals surface area contributed by atoms with Crippen LogP contribution in [0.5, 0.6) is 0 Å². The maximum atomic E-state index is 13.2. The summed E-state index contributed by atoms with van der Waals surface area (Å²) >= 11 is 0. The van der Waals surface area contributed by atoms with Gasteiger partial charge in [-0.3, -0.25) is 13.9 Å². The summed E-state index contributed by atoms with van der Waals surface area (Å²) in [7, 11) is -3.76. The van der Waals surface area contributed by atoms with Gasteiger partial charge < -0.3 is 10.6 Å². The Morgan fingerprint density at radius 1 is 0.914 bits per heavy atom. The third-order valence-electron chi connectivity index (χ3n) is 5.52. The first kappa shape index (κ1) is 26.0. The van der Waals surface area contributed by atoms with Gasteiger partial charge >= 0.3 is 0 Å². The third kappa shape index (κ3) is 6.93. The lowest BCUT2D eigenvalue weighted by atomic mass is 10.1. The first-order valence-corrected chi connectivity index (χ1v) is 13.2. The van der Waals surface area contributed by atoms with Crippen LogP contribution in [-0.2, 0) is 21.2 Å². The van der Waals surface area contributed by atoms with Gasteiger partial charge in [0.1, 0.15) is 6.04 Å². The smallest absolute Gasteiger partial charge is 0.253 e. The molecule has 35 heavy (non-hydrogen) atoms. The van der Waals surface area contributed by atoms with E-state index in [1.54, 1.807) is 36.4 Å². The van der Waals surface area contributed by atoms with Crippen LogP contribution in [0.3, 0.4) is 0 Å². The van der Waals surface area contributed by atoms with Crippen LogP contribution in [0.2, 0.25) is 0 Å². The summed E-state index contributed by atoms with van der Waals surface area (Å²) in [5, 5.41) is 5.62. The molecule has 184 valence electrons. The Morgan fingerprint density at radius 2 is 1.51 bits per heavy atom. The lowest BCUT2D eigenvalue weighted by Gasteiger charge is -2.29. The highest BCUT2D eigenvalue weighted by Gasteiger charge is 2.30. The Hall–Kier alpha value is -3.65. The Balaban J connectivity index is 1.76. The Kier molecular flexibility index (Phi) is 8.30. The van der Waals surface area contributed by atoms with E-state index in [2.05, 4.69) is 10.6 Å². The van der Waals surface area contributed by atoms with Gasteiger partial charge in [-0.2, -0.15) is 0 Å². The predicted molar refractivity (Wildman–Crippen MR) is 140 cm³/mol. The summed E-state index contributed by atoms with van der Waals surface area (Å²) in [6, 6.07) is 20.8. The molecule has 3 aromatic rings. The molecule has 0 aliphatic rings. The van der Waals surface area contributed by atoms with Gasteiger partial charge in [-0.05, 0) is 68.1 Å². The van der Waals surface area contributed by atoms with Crippen molar-refractivity contribution in [3.8, 4) is 0 Å². The van der Waals surface area contributed by atoms with Crippen molar-refractivity contribution in [1.82, 2.24) is 5.32 Å². The van der Waals surface area contributed by atoms with Crippen molar-refractivity contribution in [3.05, 3.63) is 95.1 Å². The number of amides is 2. The maximum Gasteiger partial charge on any atom is 0.253 e. The molecule has 0 aliphatic carbocycles. The van der Waals surface area contributed by atoms with Gasteiger partial charge in [-0.1, -0.05) is 48.5 Å². The second kappa shape index (κ2) is 11.2. The van der Waals surface area contributed by atoms with Crippen LogP contribution in [0, 0.1) is 13.8 Å². The molecule has 0 spiro atoms. The standard InChI is InChI=1S/C27H31N3O4S/c1-19-16-20(2)18-23(17-19)30(35(4,33)34)21(3)26(31)29-25-13-9-8-12-24(25)27(32)28-15-14-22-10-6-5-7-11-22/h5-13,16-18,21H,14-15H2,1-4H3,(H,28,32)(H,29,31)/t21-/m0/s1. The van der Waals surface area contributed by atoms with Gasteiger partial charge in [0.05, 0.1) is 23.2 Å². The van der Waals surface area contributed by atoms with Crippen molar-refractivity contribution >= 4 is 33.2 Å². The largest absolute Gasteiger partial charge is 0.352 e. The van der Waals surface area contributed by atoms with E-state index in [4.69, 9.17) is 0 Å². The van der Waals surface area contributed by atoms with Crippen molar-refractivity contribution in [2.24, 2.45) is 0 Å². The molecule has 0 aliphatic heterocycles. The summed E-state index contributed by atoms with van der Waals surface area (Å²) in [5.74, 6) is -0.863. The number of nitrogens with zero attached hydrogens (tertiary/aromatic N) is 1. The lowest BCUT2D eigenvalue weighted by molar-refractivity contribution is -0.116. The molecule has 0 aromatic heterocycles. The third-order valence-corrected chi connectivity index (χ3v) is 6.76. The number of carbonyl (C=O) groups excluding carboxylic acids is 2. The number of para-hydroxylation sites is 1. The van der Waals surface area contributed by atoms with Crippen LogP contribution in [0.4, 0.5) is 11.4 Å².